The topological polar surface area (TPSA) is 33.7 Å². The highest BCUT2D eigenvalue weighted by atomic mass is 16.5. The molecule has 0 spiro atoms. The van der Waals surface area contributed by atoms with Gasteiger partial charge in [0.15, 0.2) is 11.5 Å². The van der Waals surface area contributed by atoms with Crippen LogP contribution in [0.2, 0.25) is 0 Å². The summed E-state index contributed by atoms with van der Waals surface area (Å²) in [6, 6.07) is 6.47. The van der Waals surface area contributed by atoms with Crippen molar-refractivity contribution in [3.8, 4) is 11.5 Å². The molecule has 2 rings (SSSR count). The fourth-order valence-corrected chi connectivity index (χ4v) is 2.86. The van der Waals surface area contributed by atoms with Crippen LogP contribution in [0.5, 0.6) is 11.5 Å². The van der Waals surface area contributed by atoms with E-state index >= 15 is 0 Å². The third-order valence-corrected chi connectivity index (χ3v) is 3.77. The van der Waals surface area contributed by atoms with Crippen LogP contribution in [0.15, 0.2) is 18.2 Å². The summed E-state index contributed by atoms with van der Waals surface area (Å²) in [5, 5.41) is 3.29. The number of hydrogen-bond donors (Lipinski definition) is 1. The molecule has 1 aromatic rings. The summed E-state index contributed by atoms with van der Waals surface area (Å²) in [7, 11) is 5.39. The molecule has 0 aromatic heterocycles. The summed E-state index contributed by atoms with van der Waals surface area (Å²) < 4.78 is 11.0. The highest BCUT2D eigenvalue weighted by Gasteiger charge is 2.26. The number of nitrogens with one attached hydrogen (secondary N) is 1. The Morgan fingerprint density at radius 2 is 1.95 bits per heavy atom. The van der Waals surface area contributed by atoms with Crippen LogP contribution < -0.4 is 14.8 Å². The van der Waals surface area contributed by atoms with Crippen LogP contribution in [0.1, 0.15) is 24.4 Å². The van der Waals surface area contributed by atoms with Crippen molar-refractivity contribution in [2.75, 3.05) is 40.9 Å². The molecule has 1 saturated heterocycles. The van der Waals surface area contributed by atoms with Gasteiger partial charge in [-0.15, -0.1) is 0 Å². The molecule has 1 atom stereocenters. The summed E-state index contributed by atoms with van der Waals surface area (Å²) in [5.41, 5.74) is 1.21. The zero-order chi connectivity index (χ0) is 13.7. The molecule has 1 heterocycles. The van der Waals surface area contributed by atoms with Crippen LogP contribution >= 0.6 is 0 Å². The SMILES string of the molecule is CNCC(c1cccc(OC)c1OC)N1CCCC1. The van der Waals surface area contributed by atoms with Gasteiger partial charge in [-0.2, -0.15) is 0 Å². The number of likely N-dealkylation sites (N-methyl/N-ethyl adjacent to an activating group) is 1. The summed E-state index contributed by atoms with van der Waals surface area (Å²) in [5.74, 6) is 1.66. The van der Waals surface area contributed by atoms with Gasteiger partial charge < -0.3 is 14.8 Å². The number of benzene rings is 1. The van der Waals surface area contributed by atoms with E-state index in [2.05, 4.69) is 16.3 Å². The number of hydrogen-bond acceptors (Lipinski definition) is 4. The van der Waals surface area contributed by atoms with Gasteiger partial charge in [0.25, 0.3) is 0 Å². The van der Waals surface area contributed by atoms with Crippen molar-refractivity contribution in [1.82, 2.24) is 10.2 Å². The molecule has 106 valence electrons. The first-order valence-electron chi connectivity index (χ1n) is 6.91. The summed E-state index contributed by atoms with van der Waals surface area (Å²) in [6.07, 6.45) is 2.57. The van der Waals surface area contributed by atoms with Gasteiger partial charge in [-0.1, -0.05) is 12.1 Å². The number of para-hydroxylation sites is 1. The first kappa shape index (κ1) is 14.2. The maximum absolute atomic E-state index is 5.57. The van der Waals surface area contributed by atoms with Gasteiger partial charge in [0.05, 0.1) is 20.3 Å². The number of rotatable bonds is 6. The lowest BCUT2D eigenvalue weighted by molar-refractivity contribution is 0.234. The van der Waals surface area contributed by atoms with Crippen LogP contribution in [0, 0.1) is 0 Å². The van der Waals surface area contributed by atoms with E-state index in [-0.39, 0.29) is 0 Å². The number of nitrogens with zero attached hydrogens (tertiary/aromatic N) is 1. The average molecular weight is 264 g/mol. The second-order valence-electron chi connectivity index (χ2n) is 4.90. The van der Waals surface area contributed by atoms with E-state index in [0.717, 1.165) is 31.1 Å². The minimum atomic E-state index is 0.345. The molecule has 1 unspecified atom stereocenters. The molecule has 1 N–H and O–H groups in total. The van der Waals surface area contributed by atoms with E-state index < -0.39 is 0 Å². The molecule has 1 aliphatic rings. The lowest BCUT2D eigenvalue weighted by Gasteiger charge is -2.29. The minimum Gasteiger partial charge on any atom is -0.493 e. The largest absolute Gasteiger partial charge is 0.493 e. The number of methoxy groups -OCH3 is 2. The molecule has 19 heavy (non-hydrogen) atoms. The van der Waals surface area contributed by atoms with Crippen molar-refractivity contribution in [2.45, 2.75) is 18.9 Å². The molecule has 0 radical (unpaired) electrons. The fourth-order valence-electron chi connectivity index (χ4n) is 2.86. The van der Waals surface area contributed by atoms with E-state index in [1.165, 1.54) is 18.4 Å². The minimum absolute atomic E-state index is 0.345. The van der Waals surface area contributed by atoms with Crippen molar-refractivity contribution in [3.05, 3.63) is 23.8 Å². The molecular formula is C15H24N2O2. The van der Waals surface area contributed by atoms with Gasteiger partial charge in [-0.25, -0.2) is 0 Å². The maximum Gasteiger partial charge on any atom is 0.165 e. The third-order valence-electron chi connectivity index (χ3n) is 3.77. The predicted molar refractivity (Wildman–Crippen MR) is 77.0 cm³/mol. The van der Waals surface area contributed by atoms with Crippen LogP contribution in [0.3, 0.4) is 0 Å². The van der Waals surface area contributed by atoms with E-state index in [1.54, 1.807) is 14.2 Å². The van der Waals surface area contributed by atoms with Gasteiger partial charge in [0.2, 0.25) is 0 Å². The highest BCUT2D eigenvalue weighted by Crippen LogP contribution is 2.37. The third kappa shape index (κ3) is 3.01. The quantitative estimate of drug-likeness (QED) is 0.853. The Balaban J connectivity index is 2.34. The van der Waals surface area contributed by atoms with Crippen LogP contribution in [-0.4, -0.2) is 45.8 Å². The Bertz CT molecular complexity index is 403. The Hall–Kier alpha value is -1.26. The Labute approximate surface area is 115 Å². The number of ether oxygens (including phenoxy) is 2. The Morgan fingerprint density at radius 3 is 2.53 bits per heavy atom. The zero-order valence-electron chi connectivity index (χ0n) is 12.1. The van der Waals surface area contributed by atoms with E-state index in [0.29, 0.717) is 6.04 Å². The molecule has 0 bridgehead atoms. The molecule has 4 heteroatoms. The molecular weight excluding hydrogens is 240 g/mol. The molecule has 0 saturated carbocycles. The van der Waals surface area contributed by atoms with Crippen LogP contribution in [-0.2, 0) is 0 Å². The summed E-state index contributed by atoms with van der Waals surface area (Å²) in [4.78, 5) is 2.52. The lowest BCUT2D eigenvalue weighted by Crippen LogP contribution is -2.33. The smallest absolute Gasteiger partial charge is 0.165 e. The molecule has 0 amide bonds. The van der Waals surface area contributed by atoms with Gasteiger partial charge in [-0.3, -0.25) is 4.90 Å². The standard InChI is InChI=1S/C15H24N2O2/c1-16-11-13(17-9-4-5-10-17)12-7-6-8-14(18-2)15(12)19-3/h6-8,13,16H,4-5,9-11H2,1-3H3. The monoisotopic (exact) mass is 264 g/mol. The second-order valence-corrected chi connectivity index (χ2v) is 4.90. The molecule has 1 fully saturated rings. The van der Waals surface area contributed by atoms with E-state index in [9.17, 15) is 0 Å². The highest BCUT2D eigenvalue weighted by molar-refractivity contribution is 5.48. The van der Waals surface area contributed by atoms with Crippen molar-refractivity contribution in [1.29, 1.82) is 0 Å². The normalized spacial score (nSPS) is 17.4. The molecule has 1 aliphatic heterocycles. The van der Waals surface area contributed by atoms with Gasteiger partial charge in [-0.05, 0) is 39.0 Å². The molecule has 1 aromatic carbocycles. The van der Waals surface area contributed by atoms with Gasteiger partial charge in [0, 0.05) is 12.1 Å². The van der Waals surface area contributed by atoms with E-state index in [4.69, 9.17) is 9.47 Å². The number of likely N-dealkylation sites (tertiary alicyclic amines) is 1. The van der Waals surface area contributed by atoms with Gasteiger partial charge >= 0.3 is 0 Å². The van der Waals surface area contributed by atoms with Crippen molar-refractivity contribution >= 4 is 0 Å². The van der Waals surface area contributed by atoms with Crippen molar-refractivity contribution in [2.24, 2.45) is 0 Å². The summed E-state index contributed by atoms with van der Waals surface area (Å²) in [6.45, 7) is 3.24. The fraction of sp³-hybridized carbons (Fsp3) is 0.600. The Kier molecular flexibility index (Phi) is 5.05. The second kappa shape index (κ2) is 6.78. The van der Waals surface area contributed by atoms with Crippen LogP contribution in [0.4, 0.5) is 0 Å². The predicted octanol–water partition coefficient (Wildman–Crippen LogP) is 2.06. The van der Waals surface area contributed by atoms with Crippen LogP contribution in [0.25, 0.3) is 0 Å². The average Bonchev–Trinajstić information content (AvgIpc) is 2.97. The van der Waals surface area contributed by atoms with Crippen molar-refractivity contribution in [3.63, 3.8) is 0 Å². The van der Waals surface area contributed by atoms with Gasteiger partial charge in [0.1, 0.15) is 0 Å². The summed E-state index contributed by atoms with van der Waals surface area (Å²) >= 11 is 0. The zero-order valence-corrected chi connectivity index (χ0v) is 12.1. The lowest BCUT2D eigenvalue weighted by atomic mass is 10.0. The Morgan fingerprint density at radius 1 is 1.21 bits per heavy atom. The first-order valence-corrected chi connectivity index (χ1v) is 6.91. The molecule has 0 aliphatic carbocycles. The first-order chi connectivity index (χ1) is 9.31. The van der Waals surface area contributed by atoms with E-state index in [1.807, 2.05) is 19.2 Å². The maximum atomic E-state index is 5.57. The van der Waals surface area contributed by atoms with Crippen molar-refractivity contribution < 1.29 is 9.47 Å². The molecule has 4 nitrogen and oxygen atoms in total.